The zero-order valence-corrected chi connectivity index (χ0v) is 5.31. The number of hydrogen-bond donors (Lipinski definition) is 1. The van der Waals surface area contributed by atoms with Crippen LogP contribution < -0.4 is 5.32 Å². The number of ketones is 1. The van der Waals surface area contributed by atoms with Crippen molar-refractivity contribution in [1.29, 1.82) is 0 Å². The van der Waals surface area contributed by atoms with Crippen molar-refractivity contribution in [2.75, 3.05) is 6.54 Å². The van der Waals surface area contributed by atoms with E-state index in [1.165, 1.54) is 6.92 Å². The van der Waals surface area contributed by atoms with Crippen LogP contribution in [0.2, 0.25) is 6.32 Å². The van der Waals surface area contributed by atoms with Crippen molar-refractivity contribution < 1.29 is 9.59 Å². The first kappa shape index (κ1) is 8.20. The molecule has 3 nitrogen and oxygen atoms in total. The van der Waals surface area contributed by atoms with Gasteiger partial charge in [0.05, 0.1) is 14.4 Å². The third-order valence-corrected chi connectivity index (χ3v) is 0.720. The predicted octanol–water partition coefficient (Wildman–Crippen LogP) is -0.722. The Balaban J connectivity index is 3.28. The molecule has 9 heavy (non-hydrogen) atoms. The van der Waals surface area contributed by atoms with E-state index in [-0.39, 0.29) is 24.6 Å². The Hall–Kier alpha value is -0.795. The molecule has 0 heterocycles. The molecule has 0 rings (SSSR count). The first-order valence-corrected chi connectivity index (χ1v) is 2.63. The summed E-state index contributed by atoms with van der Waals surface area (Å²) >= 11 is 0. The largest absolute Gasteiger partial charge is 0.350 e. The lowest BCUT2D eigenvalue weighted by Crippen LogP contribution is -2.27. The van der Waals surface area contributed by atoms with Crippen LogP contribution >= 0.6 is 0 Å². The minimum absolute atomic E-state index is 0.0622. The first-order chi connectivity index (χ1) is 4.16. The lowest BCUT2D eigenvalue weighted by Gasteiger charge is -1.97. The number of hydrogen-bond acceptors (Lipinski definition) is 2. The average Bonchev–Trinajstić information content (AvgIpc) is 1.83. The highest BCUT2D eigenvalue weighted by Crippen LogP contribution is 1.71. The number of carbonyl (C=O) groups excluding carboxylic acids is 2. The van der Waals surface area contributed by atoms with Gasteiger partial charge in [0.1, 0.15) is 5.78 Å². The summed E-state index contributed by atoms with van der Waals surface area (Å²) in [5.74, 6) is -0.373. The van der Waals surface area contributed by atoms with Crippen LogP contribution in [0.3, 0.4) is 0 Å². The van der Waals surface area contributed by atoms with Crippen LogP contribution in [0.5, 0.6) is 0 Å². The van der Waals surface area contributed by atoms with Crippen LogP contribution in [0.1, 0.15) is 6.92 Å². The van der Waals surface area contributed by atoms with Crippen molar-refractivity contribution >= 4 is 19.5 Å². The number of carbonyl (C=O) groups is 2. The lowest BCUT2D eigenvalue weighted by atomic mass is 10.1. The monoisotopic (exact) mass is 125 g/mol. The minimum Gasteiger partial charge on any atom is -0.350 e. The van der Waals surface area contributed by atoms with Gasteiger partial charge in [0.2, 0.25) is 5.91 Å². The fourth-order valence-corrected chi connectivity index (χ4v) is 0.295. The van der Waals surface area contributed by atoms with Gasteiger partial charge in [0, 0.05) is 0 Å². The molecule has 0 saturated heterocycles. The summed E-state index contributed by atoms with van der Waals surface area (Å²) < 4.78 is 0. The molecular formula is C5H8BNO2. The van der Waals surface area contributed by atoms with E-state index in [0.29, 0.717) is 0 Å². The second-order valence-electron chi connectivity index (χ2n) is 1.68. The van der Waals surface area contributed by atoms with Crippen LogP contribution in [-0.2, 0) is 9.59 Å². The number of rotatable bonds is 3. The molecule has 0 saturated carbocycles. The van der Waals surface area contributed by atoms with Gasteiger partial charge in [-0.2, -0.15) is 0 Å². The Morgan fingerprint density at radius 3 is 2.44 bits per heavy atom. The Kier molecular flexibility index (Phi) is 3.76. The predicted molar refractivity (Wildman–Crippen MR) is 34.3 cm³/mol. The minimum atomic E-state index is -0.301. The molecule has 0 aliphatic rings. The summed E-state index contributed by atoms with van der Waals surface area (Å²) in [6.45, 7) is 1.48. The van der Waals surface area contributed by atoms with E-state index >= 15 is 0 Å². The molecule has 0 aromatic heterocycles. The summed E-state index contributed by atoms with van der Waals surface area (Å²) in [7, 11) is 4.93. The fourth-order valence-electron chi connectivity index (χ4n) is 0.295. The third-order valence-electron chi connectivity index (χ3n) is 0.720. The van der Waals surface area contributed by atoms with Gasteiger partial charge < -0.3 is 5.32 Å². The van der Waals surface area contributed by atoms with Gasteiger partial charge in [-0.15, -0.1) is 0 Å². The Bertz CT molecular complexity index is 124. The summed E-state index contributed by atoms with van der Waals surface area (Å²) in [4.78, 5) is 20.5. The summed E-state index contributed by atoms with van der Waals surface area (Å²) in [6.07, 6.45) is -0.0622. The van der Waals surface area contributed by atoms with Gasteiger partial charge >= 0.3 is 0 Å². The quantitative estimate of drug-likeness (QED) is 0.505. The fraction of sp³-hybridized carbons (Fsp3) is 0.600. The number of amides is 1. The standard InChI is InChI=1S/C5H8BNO2/c1-4(8)3-7-5(9)2-6/h2-3H2,1H3,(H,7,9). The maximum absolute atomic E-state index is 10.3. The molecule has 0 unspecified atom stereocenters. The SMILES string of the molecule is [B]CC(=O)NCC(C)=O. The van der Waals surface area contributed by atoms with Crippen LogP contribution in [0.25, 0.3) is 0 Å². The molecule has 0 spiro atoms. The first-order valence-electron chi connectivity index (χ1n) is 2.63. The highest BCUT2D eigenvalue weighted by atomic mass is 16.2. The zero-order valence-electron chi connectivity index (χ0n) is 5.31. The van der Waals surface area contributed by atoms with Crippen molar-refractivity contribution in [2.45, 2.75) is 13.2 Å². The average molecular weight is 125 g/mol. The topological polar surface area (TPSA) is 46.2 Å². The maximum Gasteiger partial charge on any atom is 0.211 e. The second kappa shape index (κ2) is 4.12. The summed E-state index contributed by atoms with van der Waals surface area (Å²) in [5, 5.41) is 2.32. The Morgan fingerprint density at radius 1 is 1.56 bits per heavy atom. The van der Waals surface area contributed by atoms with E-state index in [4.69, 9.17) is 7.85 Å². The normalized spacial score (nSPS) is 8.56. The molecule has 0 bridgehead atoms. The van der Waals surface area contributed by atoms with Gasteiger partial charge in [-0.1, -0.05) is 0 Å². The van der Waals surface area contributed by atoms with Crippen molar-refractivity contribution in [2.24, 2.45) is 0 Å². The maximum atomic E-state index is 10.3. The molecule has 1 N–H and O–H groups in total. The summed E-state index contributed by atoms with van der Waals surface area (Å²) in [5.41, 5.74) is 0. The van der Waals surface area contributed by atoms with E-state index in [9.17, 15) is 9.59 Å². The number of nitrogens with one attached hydrogen (secondary N) is 1. The van der Waals surface area contributed by atoms with Gasteiger partial charge in [0.15, 0.2) is 0 Å². The van der Waals surface area contributed by atoms with Gasteiger partial charge in [-0.25, -0.2) is 0 Å². The lowest BCUT2D eigenvalue weighted by molar-refractivity contribution is -0.122. The third kappa shape index (κ3) is 5.07. The molecule has 0 aromatic carbocycles. The Morgan fingerprint density at radius 2 is 2.11 bits per heavy atom. The second-order valence-corrected chi connectivity index (χ2v) is 1.68. The molecule has 48 valence electrons. The number of Topliss-reactive ketones (excluding diaryl/α,β-unsaturated/α-hetero) is 1. The van der Waals surface area contributed by atoms with E-state index in [1.54, 1.807) is 0 Å². The summed E-state index contributed by atoms with van der Waals surface area (Å²) in [6, 6.07) is 0. The molecule has 0 aliphatic heterocycles. The molecule has 0 fully saturated rings. The molecule has 0 aromatic rings. The van der Waals surface area contributed by atoms with Crippen LogP contribution in [0, 0.1) is 0 Å². The van der Waals surface area contributed by atoms with Crippen LogP contribution in [0.15, 0.2) is 0 Å². The van der Waals surface area contributed by atoms with Crippen LogP contribution in [0.4, 0.5) is 0 Å². The van der Waals surface area contributed by atoms with Crippen LogP contribution in [-0.4, -0.2) is 26.1 Å². The van der Waals surface area contributed by atoms with Gasteiger partial charge in [-0.05, 0) is 13.2 Å². The van der Waals surface area contributed by atoms with Gasteiger partial charge in [0.25, 0.3) is 0 Å². The van der Waals surface area contributed by atoms with Crippen molar-refractivity contribution in [3.8, 4) is 0 Å². The van der Waals surface area contributed by atoms with Crippen molar-refractivity contribution in [1.82, 2.24) is 5.32 Å². The zero-order chi connectivity index (χ0) is 7.28. The van der Waals surface area contributed by atoms with E-state index in [1.807, 2.05) is 0 Å². The van der Waals surface area contributed by atoms with E-state index < -0.39 is 0 Å². The molecule has 0 atom stereocenters. The smallest absolute Gasteiger partial charge is 0.211 e. The molecule has 1 amide bonds. The molecule has 0 aliphatic carbocycles. The van der Waals surface area contributed by atoms with Crippen molar-refractivity contribution in [3.63, 3.8) is 0 Å². The van der Waals surface area contributed by atoms with E-state index in [0.717, 1.165) is 0 Å². The Labute approximate surface area is 55.2 Å². The highest BCUT2D eigenvalue weighted by molar-refractivity contribution is 6.19. The molecule has 4 heteroatoms. The molecular weight excluding hydrogens is 117 g/mol. The van der Waals surface area contributed by atoms with E-state index in [2.05, 4.69) is 5.32 Å². The van der Waals surface area contributed by atoms with Crippen molar-refractivity contribution in [3.05, 3.63) is 0 Å². The highest BCUT2D eigenvalue weighted by Gasteiger charge is 1.95. The molecule has 2 radical (unpaired) electrons. The van der Waals surface area contributed by atoms with Gasteiger partial charge in [-0.3, -0.25) is 9.59 Å².